The number of aldehydes is 1. The number of rotatable bonds is 9. The van der Waals surface area contributed by atoms with Crippen molar-refractivity contribution in [3.05, 3.63) is 71.8 Å². The summed E-state index contributed by atoms with van der Waals surface area (Å²) in [6, 6.07) is 22.2. The van der Waals surface area contributed by atoms with E-state index in [2.05, 4.69) is 74.9 Å². The van der Waals surface area contributed by atoms with Gasteiger partial charge in [0.1, 0.15) is 6.29 Å². The van der Waals surface area contributed by atoms with E-state index in [4.69, 9.17) is 0 Å². The van der Waals surface area contributed by atoms with Crippen LogP contribution in [-0.2, 0) is 27.2 Å². The lowest BCUT2D eigenvalue weighted by atomic mass is 9.84. The van der Waals surface area contributed by atoms with Crippen LogP contribution >= 0.6 is 0 Å². The minimum absolute atomic E-state index is 0.0946. The van der Waals surface area contributed by atoms with E-state index in [0.717, 1.165) is 45.2 Å². The van der Waals surface area contributed by atoms with E-state index in [-0.39, 0.29) is 29.8 Å². The molecule has 5 N–H and O–H groups in total. The summed E-state index contributed by atoms with van der Waals surface area (Å²) in [7, 11) is 4.01. The van der Waals surface area contributed by atoms with E-state index in [9.17, 15) is 14.4 Å². The van der Waals surface area contributed by atoms with Crippen molar-refractivity contribution in [2.24, 2.45) is 11.8 Å². The van der Waals surface area contributed by atoms with E-state index in [1.807, 2.05) is 31.3 Å². The van der Waals surface area contributed by atoms with Crippen molar-refractivity contribution in [1.29, 1.82) is 0 Å². The second kappa shape index (κ2) is 20.3. The maximum Gasteiger partial charge on any atom is 0.234 e. The molecule has 9 heteroatoms. The number of benzene rings is 2. The van der Waals surface area contributed by atoms with Gasteiger partial charge in [-0.05, 0) is 69.7 Å². The molecule has 2 aliphatic carbocycles. The molecule has 2 aromatic carbocycles. The molecule has 6 atom stereocenters. The fraction of sp³-hybridized carbons (Fsp3) is 0.605. The maximum atomic E-state index is 12.1. The molecule has 6 rings (SSSR count). The molecule has 2 saturated heterocycles. The number of carbonyl (C=O) groups excluding carboxylic acids is 3. The topological polar surface area (TPSA) is 115 Å². The zero-order valence-electron chi connectivity index (χ0n) is 28.6. The summed E-state index contributed by atoms with van der Waals surface area (Å²) >= 11 is 0. The largest absolute Gasteiger partial charge is 0.351 e. The van der Waals surface area contributed by atoms with Gasteiger partial charge in [-0.25, -0.2) is 0 Å². The third-order valence-electron chi connectivity index (χ3n) is 10.0. The van der Waals surface area contributed by atoms with Gasteiger partial charge in [0.2, 0.25) is 11.8 Å². The molecular weight excluding hydrogens is 588 g/mol. The first-order chi connectivity index (χ1) is 23.0. The molecular formula is C38H58N6O3. The Morgan fingerprint density at radius 3 is 1.91 bits per heavy atom. The average Bonchev–Trinajstić information content (AvgIpc) is 3.10. The van der Waals surface area contributed by atoms with Crippen LogP contribution in [0.25, 0.3) is 0 Å². The van der Waals surface area contributed by atoms with Gasteiger partial charge in [0.15, 0.2) is 0 Å². The summed E-state index contributed by atoms with van der Waals surface area (Å²) in [5.74, 6) is 1.22. The summed E-state index contributed by atoms with van der Waals surface area (Å²) < 4.78 is 0. The summed E-state index contributed by atoms with van der Waals surface area (Å²) in [6.45, 7) is 3.88. The number of hydrogen-bond acceptors (Lipinski definition) is 7. The highest BCUT2D eigenvalue weighted by Crippen LogP contribution is 2.26. The molecule has 2 heterocycles. The van der Waals surface area contributed by atoms with Crippen LogP contribution in [-0.4, -0.2) is 94.0 Å². The molecule has 0 unspecified atom stereocenters. The Kier molecular flexibility index (Phi) is 15.9. The highest BCUT2D eigenvalue weighted by Gasteiger charge is 2.30. The maximum absolute atomic E-state index is 12.1. The molecule has 9 nitrogen and oxygen atoms in total. The van der Waals surface area contributed by atoms with Crippen molar-refractivity contribution < 1.29 is 14.4 Å². The SMILES string of the molecule is CN[C@@H]1CCCC[C@H]1C=O.CN[C@@H]1CCCC[C@H]1CN1CC(=O)N[C@@H](Cc2ccccc2)C1.O=C1CNC[C@H](Cc2ccccc2)N1. The second-order valence-corrected chi connectivity index (χ2v) is 13.7. The first-order valence-electron chi connectivity index (χ1n) is 17.9. The van der Waals surface area contributed by atoms with Crippen molar-refractivity contribution in [3.63, 3.8) is 0 Å². The fourth-order valence-corrected chi connectivity index (χ4v) is 7.58. The van der Waals surface area contributed by atoms with Gasteiger partial charge in [0.05, 0.1) is 13.1 Å². The van der Waals surface area contributed by atoms with Crippen molar-refractivity contribution in [2.45, 2.75) is 88.4 Å². The van der Waals surface area contributed by atoms with Crippen LogP contribution in [0.5, 0.6) is 0 Å². The van der Waals surface area contributed by atoms with E-state index in [0.29, 0.717) is 31.1 Å². The number of hydrogen-bond donors (Lipinski definition) is 5. The van der Waals surface area contributed by atoms with Crippen LogP contribution in [0.15, 0.2) is 60.7 Å². The van der Waals surface area contributed by atoms with Crippen molar-refractivity contribution in [3.8, 4) is 0 Å². The Hall–Kier alpha value is -3.11. The summed E-state index contributed by atoms with van der Waals surface area (Å²) in [5, 5.41) is 15.9. The fourth-order valence-electron chi connectivity index (χ4n) is 7.58. The normalized spacial score (nSPS) is 28.0. The Bertz CT molecular complexity index is 1200. The third-order valence-corrected chi connectivity index (χ3v) is 10.0. The number of nitrogens with one attached hydrogen (secondary N) is 5. The second-order valence-electron chi connectivity index (χ2n) is 13.7. The molecule has 4 fully saturated rings. The van der Waals surface area contributed by atoms with E-state index < -0.39 is 0 Å². The third kappa shape index (κ3) is 12.8. The molecule has 258 valence electrons. The highest BCUT2D eigenvalue weighted by atomic mass is 16.2. The number of piperazine rings is 2. The number of carbonyl (C=O) groups is 3. The van der Waals surface area contributed by atoms with Gasteiger partial charge in [0, 0.05) is 49.7 Å². The van der Waals surface area contributed by atoms with Gasteiger partial charge in [-0.2, -0.15) is 0 Å². The number of amides is 2. The quantitative estimate of drug-likeness (QED) is 0.266. The molecule has 2 aliphatic heterocycles. The first kappa shape index (κ1) is 36.7. The molecule has 2 saturated carbocycles. The van der Waals surface area contributed by atoms with E-state index >= 15 is 0 Å². The highest BCUT2D eigenvalue weighted by molar-refractivity contribution is 5.79. The lowest BCUT2D eigenvalue weighted by Gasteiger charge is -2.39. The Labute approximate surface area is 282 Å². The van der Waals surface area contributed by atoms with E-state index in [1.54, 1.807) is 0 Å². The van der Waals surface area contributed by atoms with Gasteiger partial charge in [-0.15, -0.1) is 0 Å². The van der Waals surface area contributed by atoms with E-state index in [1.165, 1.54) is 56.1 Å². The lowest BCUT2D eigenvalue weighted by Crippen LogP contribution is -2.56. The zero-order valence-corrected chi connectivity index (χ0v) is 28.6. The molecule has 0 spiro atoms. The molecule has 0 radical (unpaired) electrons. The van der Waals surface area contributed by atoms with Gasteiger partial charge in [0.25, 0.3) is 0 Å². The molecule has 2 aromatic rings. The van der Waals surface area contributed by atoms with Crippen molar-refractivity contribution in [2.75, 3.05) is 46.8 Å². The minimum Gasteiger partial charge on any atom is -0.351 e. The lowest BCUT2D eigenvalue weighted by molar-refractivity contribution is -0.126. The standard InChI is InChI=1S/C19H29N3O.C11H14N2O.C8H15NO/c1-20-18-10-6-5-9-16(18)12-22-13-17(21-19(23)14-22)11-15-7-3-2-4-8-15;14-11-8-12-7-10(13-11)6-9-4-2-1-3-5-9;1-9-8-5-3-2-4-7(8)6-10/h2-4,7-8,16-18,20H,5-6,9-14H2,1H3,(H,21,23);1-5,10,12H,6-8H2,(H,13,14);6-9H,2-5H2,1H3/t16-,17-,18+;10-;7-,8+/m000/s1. The van der Waals surface area contributed by atoms with Gasteiger partial charge in [-0.1, -0.05) is 86.3 Å². The van der Waals surface area contributed by atoms with Crippen LogP contribution in [0.4, 0.5) is 0 Å². The molecule has 2 amide bonds. The van der Waals surface area contributed by atoms with Crippen LogP contribution < -0.4 is 26.6 Å². The predicted octanol–water partition coefficient (Wildman–Crippen LogP) is 3.09. The monoisotopic (exact) mass is 646 g/mol. The van der Waals surface area contributed by atoms with Crippen LogP contribution in [0.2, 0.25) is 0 Å². The van der Waals surface area contributed by atoms with Crippen molar-refractivity contribution >= 4 is 18.1 Å². The Morgan fingerprint density at radius 1 is 0.745 bits per heavy atom. The van der Waals surface area contributed by atoms with Crippen LogP contribution in [0.1, 0.15) is 62.5 Å². The zero-order chi connectivity index (χ0) is 33.3. The summed E-state index contributed by atoms with van der Waals surface area (Å²) in [4.78, 5) is 36.0. The van der Waals surface area contributed by atoms with Crippen LogP contribution in [0, 0.1) is 11.8 Å². The first-order valence-corrected chi connectivity index (χ1v) is 17.9. The van der Waals surface area contributed by atoms with Gasteiger partial charge < -0.3 is 31.4 Å². The minimum atomic E-state index is 0.0946. The predicted molar refractivity (Wildman–Crippen MR) is 189 cm³/mol. The van der Waals surface area contributed by atoms with Crippen LogP contribution in [0.3, 0.4) is 0 Å². The average molecular weight is 647 g/mol. The molecule has 0 bridgehead atoms. The Balaban J connectivity index is 0.000000177. The molecule has 47 heavy (non-hydrogen) atoms. The molecule has 4 aliphatic rings. The summed E-state index contributed by atoms with van der Waals surface area (Å²) in [5.41, 5.74) is 2.56. The number of nitrogens with zero attached hydrogens (tertiary/aromatic N) is 1. The van der Waals surface area contributed by atoms with Gasteiger partial charge in [-0.3, -0.25) is 14.5 Å². The Morgan fingerprint density at radius 2 is 1.32 bits per heavy atom. The summed E-state index contributed by atoms with van der Waals surface area (Å²) in [6.07, 6.45) is 12.9. The van der Waals surface area contributed by atoms with Crippen molar-refractivity contribution in [1.82, 2.24) is 31.5 Å². The van der Waals surface area contributed by atoms with Gasteiger partial charge >= 0.3 is 0 Å². The smallest absolute Gasteiger partial charge is 0.234 e. The molecule has 0 aromatic heterocycles.